The summed E-state index contributed by atoms with van der Waals surface area (Å²) in [6.07, 6.45) is 3.72. The normalized spacial score (nSPS) is 14.9. The molecule has 88 valence electrons. The van der Waals surface area contributed by atoms with Crippen molar-refractivity contribution in [2.75, 3.05) is 31.3 Å². The van der Waals surface area contributed by atoms with E-state index in [1.165, 1.54) is 12.8 Å². The molecule has 2 rings (SSSR count). The molecule has 2 N–H and O–H groups in total. The molecule has 16 heavy (non-hydrogen) atoms. The maximum atomic E-state index is 5.57. The van der Waals surface area contributed by atoms with Crippen LogP contribution in [0.1, 0.15) is 19.3 Å². The second-order valence-corrected chi connectivity index (χ2v) is 4.25. The molecule has 6 heteroatoms. The van der Waals surface area contributed by atoms with Crippen LogP contribution in [-0.2, 0) is 0 Å². The second kappa shape index (κ2) is 4.51. The Kier molecular flexibility index (Phi) is 3.07. The number of nitrogens with two attached hydrogens (primary N) is 1. The van der Waals surface area contributed by atoms with Gasteiger partial charge in [0.15, 0.2) is 0 Å². The zero-order valence-corrected chi connectivity index (χ0v) is 9.68. The predicted octanol–water partition coefficient (Wildman–Crippen LogP) is 0.699. The van der Waals surface area contributed by atoms with Gasteiger partial charge in [0.2, 0.25) is 11.9 Å². The van der Waals surface area contributed by atoms with Gasteiger partial charge in [-0.2, -0.15) is 15.0 Å². The molecule has 6 nitrogen and oxygen atoms in total. The van der Waals surface area contributed by atoms with E-state index in [1.807, 2.05) is 14.1 Å². The number of anilines is 2. The maximum Gasteiger partial charge on any atom is 0.323 e. The maximum absolute atomic E-state index is 5.57. The van der Waals surface area contributed by atoms with Crippen molar-refractivity contribution in [3.63, 3.8) is 0 Å². The molecule has 1 fully saturated rings. The largest absolute Gasteiger partial charge is 0.463 e. The molecule has 0 saturated heterocycles. The Labute approximate surface area is 94.9 Å². The Bertz CT molecular complexity index is 364. The van der Waals surface area contributed by atoms with Gasteiger partial charge in [0.1, 0.15) is 0 Å². The molecule has 0 atom stereocenters. The predicted molar refractivity (Wildman–Crippen MR) is 61.4 cm³/mol. The molecule has 1 aliphatic rings. The van der Waals surface area contributed by atoms with Gasteiger partial charge >= 0.3 is 6.01 Å². The van der Waals surface area contributed by atoms with E-state index in [0.717, 1.165) is 12.3 Å². The molecule has 0 spiro atoms. The van der Waals surface area contributed by atoms with E-state index < -0.39 is 0 Å². The number of hydrogen-bond acceptors (Lipinski definition) is 6. The highest BCUT2D eigenvalue weighted by atomic mass is 16.5. The van der Waals surface area contributed by atoms with Crippen LogP contribution in [0.4, 0.5) is 11.9 Å². The van der Waals surface area contributed by atoms with Crippen molar-refractivity contribution in [1.82, 2.24) is 15.0 Å². The molecule has 1 aromatic heterocycles. The molecule has 1 heterocycles. The van der Waals surface area contributed by atoms with Gasteiger partial charge < -0.3 is 15.4 Å². The van der Waals surface area contributed by atoms with E-state index in [0.29, 0.717) is 18.6 Å². The number of nitrogen functional groups attached to an aromatic ring is 1. The van der Waals surface area contributed by atoms with E-state index in [4.69, 9.17) is 10.5 Å². The van der Waals surface area contributed by atoms with E-state index in [1.54, 1.807) is 4.90 Å². The van der Waals surface area contributed by atoms with Gasteiger partial charge in [-0.3, -0.25) is 0 Å². The van der Waals surface area contributed by atoms with Crippen molar-refractivity contribution in [3.8, 4) is 6.01 Å². The zero-order valence-electron chi connectivity index (χ0n) is 9.68. The fraction of sp³-hybridized carbons (Fsp3) is 0.700. The number of nitrogens with zero attached hydrogens (tertiary/aromatic N) is 4. The van der Waals surface area contributed by atoms with Gasteiger partial charge in [0, 0.05) is 14.1 Å². The van der Waals surface area contributed by atoms with Crippen molar-refractivity contribution in [3.05, 3.63) is 0 Å². The summed E-state index contributed by atoms with van der Waals surface area (Å²) < 4.78 is 5.46. The first-order valence-electron chi connectivity index (χ1n) is 5.47. The van der Waals surface area contributed by atoms with Gasteiger partial charge in [0.05, 0.1) is 6.61 Å². The first kappa shape index (κ1) is 10.9. The zero-order chi connectivity index (χ0) is 11.5. The molecule has 0 amide bonds. The van der Waals surface area contributed by atoms with Crippen LogP contribution >= 0.6 is 0 Å². The minimum absolute atomic E-state index is 0.195. The third-order valence-corrected chi connectivity index (χ3v) is 2.47. The summed E-state index contributed by atoms with van der Waals surface area (Å²) in [7, 11) is 3.70. The van der Waals surface area contributed by atoms with E-state index in [9.17, 15) is 0 Å². The molecular weight excluding hydrogens is 206 g/mol. The molecule has 0 bridgehead atoms. The third kappa shape index (κ3) is 2.95. The monoisotopic (exact) mass is 223 g/mol. The van der Waals surface area contributed by atoms with E-state index in [2.05, 4.69) is 15.0 Å². The molecule has 1 aromatic rings. The number of ether oxygens (including phenoxy) is 1. The van der Waals surface area contributed by atoms with Crippen molar-refractivity contribution >= 4 is 11.9 Å². The minimum atomic E-state index is 0.195. The highest BCUT2D eigenvalue weighted by Crippen LogP contribution is 2.32. The van der Waals surface area contributed by atoms with Gasteiger partial charge in [-0.25, -0.2) is 0 Å². The highest BCUT2D eigenvalue weighted by Gasteiger charge is 2.21. The Morgan fingerprint density at radius 1 is 1.31 bits per heavy atom. The Morgan fingerprint density at radius 3 is 2.69 bits per heavy atom. The third-order valence-electron chi connectivity index (χ3n) is 2.47. The molecular formula is C10H17N5O. The molecule has 1 saturated carbocycles. The number of hydrogen-bond donors (Lipinski definition) is 1. The van der Waals surface area contributed by atoms with Crippen LogP contribution in [0.15, 0.2) is 0 Å². The minimum Gasteiger partial charge on any atom is -0.463 e. The first-order chi connectivity index (χ1) is 7.65. The molecule has 0 unspecified atom stereocenters. The average Bonchev–Trinajstić information content (AvgIpc) is 3.01. The summed E-state index contributed by atoms with van der Waals surface area (Å²) in [6.45, 7) is 0.654. The Morgan fingerprint density at radius 2 is 2.06 bits per heavy atom. The fourth-order valence-electron chi connectivity index (χ4n) is 1.35. The summed E-state index contributed by atoms with van der Waals surface area (Å²) in [5, 5.41) is 0. The summed E-state index contributed by atoms with van der Waals surface area (Å²) >= 11 is 0. The van der Waals surface area contributed by atoms with Crippen LogP contribution in [-0.4, -0.2) is 35.7 Å². The summed E-state index contributed by atoms with van der Waals surface area (Å²) in [5.41, 5.74) is 5.57. The van der Waals surface area contributed by atoms with Gasteiger partial charge in [-0.1, -0.05) is 12.8 Å². The quantitative estimate of drug-likeness (QED) is 0.791. The number of aromatic nitrogens is 3. The van der Waals surface area contributed by atoms with Crippen molar-refractivity contribution in [1.29, 1.82) is 0 Å². The van der Waals surface area contributed by atoms with Gasteiger partial charge in [0.25, 0.3) is 0 Å². The van der Waals surface area contributed by atoms with Crippen LogP contribution in [0.2, 0.25) is 0 Å². The Balaban J connectivity index is 1.95. The molecule has 1 aliphatic carbocycles. The Hall–Kier alpha value is -1.59. The summed E-state index contributed by atoms with van der Waals surface area (Å²) in [5.74, 6) is 1.56. The molecule has 0 aliphatic heterocycles. The average molecular weight is 223 g/mol. The van der Waals surface area contributed by atoms with Gasteiger partial charge in [-0.15, -0.1) is 0 Å². The standard InChI is InChI=1S/C10H17N5O/c1-15(2)9-12-8(11)13-10(14-9)16-6-5-7-3-4-7/h7H,3-6H2,1-2H3,(H2,11,12,13,14). The SMILES string of the molecule is CN(C)c1nc(N)nc(OCCC2CC2)n1. The lowest BCUT2D eigenvalue weighted by atomic mass is 10.3. The summed E-state index contributed by atoms with van der Waals surface area (Å²) in [4.78, 5) is 13.9. The smallest absolute Gasteiger partial charge is 0.323 e. The highest BCUT2D eigenvalue weighted by molar-refractivity contribution is 5.33. The van der Waals surface area contributed by atoms with Crippen molar-refractivity contribution in [2.45, 2.75) is 19.3 Å². The second-order valence-electron chi connectivity index (χ2n) is 4.25. The van der Waals surface area contributed by atoms with Crippen LogP contribution in [0.3, 0.4) is 0 Å². The van der Waals surface area contributed by atoms with Crippen LogP contribution in [0.25, 0.3) is 0 Å². The summed E-state index contributed by atoms with van der Waals surface area (Å²) in [6, 6.07) is 0.317. The van der Waals surface area contributed by atoms with Crippen LogP contribution in [0.5, 0.6) is 6.01 Å². The molecule has 0 radical (unpaired) electrons. The first-order valence-corrected chi connectivity index (χ1v) is 5.47. The van der Waals surface area contributed by atoms with Gasteiger partial charge in [-0.05, 0) is 12.3 Å². The lowest BCUT2D eigenvalue weighted by Crippen LogP contribution is -2.15. The fourth-order valence-corrected chi connectivity index (χ4v) is 1.35. The van der Waals surface area contributed by atoms with E-state index in [-0.39, 0.29) is 5.95 Å². The van der Waals surface area contributed by atoms with Crippen molar-refractivity contribution in [2.24, 2.45) is 5.92 Å². The number of rotatable bonds is 5. The lowest BCUT2D eigenvalue weighted by molar-refractivity contribution is 0.279. The molecule has 0 aromatic carbocycles. The van der Waals surface area contributed by atoms with Crippen molar-refractivity contribution < 1.29 is 4.74 Å². The van der Waals surface area contributed by atoms with E-state index >= 15 is 0 Å². The van der Waals surface area contributed by atoms with Crippen LogP contribution < -0.4 is 15.4 Å². The van der Waals surface area contributed by atoms with Crippen LogP contribution in [0, 0.1) is 5.92 Å². The topological polar surface area (TPSA) is 77.2 Å². The lowest BCUT2D eigenvalue weighted by Gasteiger charge is -2.11.